The van der Waals surface area contributed by atoms with E-state index in [0.717, 1.165) is 0 Å². The Morgan fingerprint density at radius 3 is 2.50 bits per heavy atom. The molecule has 1 heteroatoms. The normalized spacial score (nSPS) is 16.6. The summed E-state index contributed by atoms with van der Waals surface area (Å²) in [6.07, 6.45) is 1.34. The predicted octanol–water partition coefficient (Wildman–Crippen LogP) is 2.19. The van der Waals surface area contributed by atoms with Crippen molar-refractivity contribution < 1.29 is 0 Å². The van der Waals surface area contributed by atoms with E-state index in [4.69, 9.17) is 0 Å². The summed E-state index contributed by atoms with van der Waals surface area (Å²) in [5, 5.41) is 1.74. The molecular formula is C11H15Si. The molecule has 0 saturated carbocycles. The molecule has 0 N–H and O–H groups in total. The minimum Gasteiger partial charge on any atom is -0.0669 e. The van der Waals surface area contributed by atoms with Crippen LogP contribution in [0.2, 0.25) is 12.6 Å². The lowest BCUT2D eigenvalue weighted by Gasteiger charge is -2.09. The minimum atomic E-state index is -0.166. The molecule has 0 aromatic heterocycles. The van der Waals surface area contributed by atoms with Gasteiger partial charge in [-0.25, -0.2) is 0 Å². The summed E-state index contributed by atoms with van der Waals surface area (Å²) in [4.78, 5) is 0. The Bertz CT molecular complexity index is 315. The Morgan fingerprint density at radius 1 is 1.17 bits per heavy atom. The molecule has 1 aromatic carbocycles. The van der Waals surface area contributed by atoms with Gasteiger partial charge in [0.25, 0.3) is 0 Å². The minimum absolute atomic E-state index is 0.166. The Hall–Kier alpha value is -0.563. The molecule has 0 fully saturated rings. The zero-order chi connectivity index (χ0) is 8.72. The van der Waals surface area contributed by atoms with Crippen LogP contribution in [0.3, 0.4) is 0 Å². The smallest absolute Gasteiger partial charge is 0.0669 e. The van der Waals surface area contributed by atoms with Gasteiger partial charge in [0.1, 0.15) is 0 Å². The monoisotopic (exact) mass is 175 g/mol. The molecule has 12 heavy (non-hydrogen) atoms. The standard InChI is InChI=1S/C11H15Si/c1-8-4-5-9(2)11-10(8)6-7-12(11)3/h4-5H,6-7H2,1-3H3. The molecule has 0 spiro atoms. The number of fused-ring (bicyclic) bond motifs is 1. The van der Waals surface area contributed by atoms with Crippen molar-refractivity contribution in [2.24, 2.45) is 0 Å². The van der Waals surface area contributed by atoms with Crippen LogP contribution in [-0.4, -0.2) is 8.80 Å². The summed E-state index contributed by atoms with van der Waals surface area (Å²) in [6, 6.07) is 6.01. The van der Waals surface area contributed by atoms with Gasteiger partial charge in [-0.2, -0.15) is 0 Å². The SMILES string of the molecule is Cc1ccc(C)c2c1CC[Si]2C. The first-order chi connectivity index (χ1) is 5.70. The molecule has 63 valence electrons. The average molecular weight is 175 g/mol. The quantitative estimate of drug-likeness (QED) is 0.530. The molecule has 2 rings (SSSR count). The van der Waals surface area contributed by atoms with Crippen LogP contribution in [0, 0.1) is 13.8 Å². The van der Waals surface area contributed by atoms with Crippen LogP contribution >= 0.6 is 0 Å². The molecule has 0 amide bonds. The van der Waals surface area contributed by atoms with Gasteiger partial charge in [0.15, 0.2) is 0 Å². The third-order valence-electron chi connectivity index (χ3n) is 2.93. The van der Waals surface area contributed by atoms with Crippen molar-refractivity contribution in [2.45, 2.75) is 32.9 Å². The number of rotatable bonds is 0. The molecule has 1 aliphatic rings. The molecule has 1 heterocycles. The molecule has 1 aliphatic heterocycles. The highest BCUT2D eigenvalue weighted by atomic mass is 28.3. The number of benzene rings is 1. The van der Waals surface area contributed by atoms with E-state index in [1.54, 1.807) is 10.8 Å². The molecule has 1 aromatic rings. The molecule has 0 unspecified atom stereocenters. The van der Waals surface area contributed by atoms with E-state index < -0.39 is 0 Å². The summed E-state index contributed by atoms with van der Waals surface area (Å²) in [6.45, 7) is 6.96. The fourth-order valence-electron chi connectivity index (χ4n) is 2.22. The van der Waals surface area contributed by atoms with Crippen LogP contribution < -0.4 is 5.19 Å². The third kappa shape index (κ3) is 1.04. The van der Waals surface area contributed by atoms with E-state index in [1.807, 2.05) is 0 Å². The molecule has 0 nitrogen and oxygen atoms in total. The summed E-state index contributed by atoms with van der Waals surface area (Å²) in [5.74, 6) is 0. The lowest BCUT2D eigenvalue weighted by Crippen LogP contribution is -2.25. The van der Waals surface area contributed by atoms with Crippen molar-refractivity contribution in [3.05, 3.63) is 28.8 Å². The highest BCUT2D eigenvalue weighted by Crippen LogP contribution is 2.19. The van der Waals surface area contributed by atoms with Crippen LogP contribution in [0.5, 0.6) is 0 Å². The zero-order valence-electron chi connectivity index (χ0n) is 8.07. The zero-order valence-corrected chi connectivity index (χ0v) is 9.07. The van der Waals surface area contributed by atoms with Crippen LogP contribution in [0.25, 0.3) is 0 Å². The van der Waals surface area contributed by atoms with Gasteiger partial charge >= 0.3 is 0 Å². The molecule has 0 atom stereocenters. The molecule has 0 bridgehead atoms. The second kappa shape index (κ2) is 2.73. The highest BCUT2D eigenvalue weighted by molar-refractivity contribution is 6.74. The summed E-state index contributed by atoms with van der Waals surface area (Å²) in [7, 11) is -0.166. The predicted molar refractivity (Wildman–Crippen MR) is 55.7 cm³/mol. The summed E-state index contributed by atoms with van der Waals surface area (Å²) >= 11 is 0. The first-order valence-corrected chi connectivity index (χ1v) is 6.82. The van der Waals surface area contributed by atoms with Crippen molar-refractivity contribution in [3.8, 4) is 0 Å². The van der Waals surface area contributed by atoms with Crippen molar-refractivity contribution in [1.29, 1.82) is 0 Å². The third-order valence-corrected chi connectivity index (χ3v) is 5.48. The van der Waals surface area contributed by atoms with Gasteiger partial charge < -0.3 is 0 Å². The van der Waals surface area contributed by atoms with Crippen LogP contribution in [0.4, 0.5) is 0 Å². The van der Waals surface area contributed by atoms with E-state index >= 15 is 0 Å². The largest absolute Gasteiger partial charge is 0.0834 e. The van der Waals surface area contributed by atoms with Crippen molar-refractivity contribution in [1.82, 2.24) is 0 Å². The second-order valence-electron chi connectivity index (χ2n) is 3.83. The number of aryl methyl sites for hydroxylation is 2. The topological polar surface area (TPSA) is 0 Å². The second-order valence-corrected chi connectivity index (χ2v) is 6.39. The fourth-order valence-corrected chi connectivity index (χ4v) is 4.69. The Morgan fingerprint density at radius 2 is 1.83 bits per heavy atom. The maximum absolute atomic E-state index is 2.45. The molecule has 0 aliphatic carbocycles. The Balaban J connectivity index is 2.64. The van der Waals surface area contributed by atoms with Crippen molar-refractivity contribution in [3.63, 3.8) is 0 Å². The van der Waals surface area contributed by atoms with E-state index in [9.17, 15) is 0 Å². The maximum atomic E-state index is 2.45. The van der Waals surface area contributed by atoms with Gasteiger partial charge in [-0.1, -0.05) is 35.5 Å². The molecular weight excluding hydrogens is 160 g/mol. The summed E-state index contributed by atoms with van der Waals surface area (Å²) in [5.41, 5.74) is 4.72. The van der Waals surface area contributed by atoms with Gasteiger partial charge in [0.05, 0.1) is 8.80 Å². The summed E-state index contributed by atoms with van der Waals surface area (Å²) < 4.78 is 0. The van der Waals surface area contributed by atoms with E-state index in [-0.39, 0.29) is 8.80 Å². The van der Waals surface area contributed by atoms with Gasteiger partial charge in [-0.05, 0) is 31.4 Å². The van der Waals surface area contributed by atoms with Crippen molar-refractivity contribution >= 4 is 14.0 Å². The highest BCUT2D eigenvalue weighted by Gasteiger charge is 2.22. The number of hydrogen-bond acceptors (Lipinski definition) is 0. The lowest BCUT2D eigenvalue weighted by molar-refractivity contribution is 1.14. The van der Waals surface area contributed by atoms with Gasteiger partial charge in [-0.3, -0.25) is 0 Å². The van der Waals surface area contributed by atoms with E-state index in [1.165, 1.54) is 23.6 Å². The van der Waals surface area contributed by atoms with Crippen molar-refractivity contribution in [2.75, 3.05) is 0 Å². The van der Waals surface area contributed by atoms with Gasteiger partial charge in [0, 0.05) is 0 Å². The number of hydrogen-bond donors (Lipinski definition) is 0. The molecule has 0 saturated heterocycles. The van der Waals surface area contributed by atoms with Gasteiger partial charge in [-0.15, -0.1) is 0 Å². The Labute approximate surface area is 76.2 Å². The lowest BCUT2D eigenvalue weighted by atomic mass is 10.0. The first kappa shape index (κ1) is 8.05. The van der Waals surface area contributed by atoms with Crippen LogP contribution in [-0.2, 0) is 6.42 Å². The maximum Gasteiger partial charge on any atom is 0.0834 e. The van der Waals surface area contributed by atoms with Crippen LogP contribution in [0.1, 0.15) is 16.7 Å². The van der Waals surface area contributed by atoms with Gasteiger partial charge in [0.2, 0.25) is 0 Å². The van der Waals surface area contributed by atoms with E-state index in [0.29, 0.717) is 0 Å². The fraction of sp³-hybridized carbons (Fsp3) is 0.455. The average Bonchev–Trinajstić information content (AvgIpc) is 2.42. The molecule has 1 radical (unpaired) electrons. The first-order valence-electron chi connectivity index (χ1n) is 4.62. The van der Waals surface area contributed by atoms with E-state index in [2.05, 4.69) is 32.5 Å². The Kier molecular flexibility index (Phi) is 1.84. The van der Waals surface area contributed by atoms with Crippen LogP contribution in [0.15, 0.2) is 12.1 Å².